The SMILES string of the molecule is COc1ccc(C)cc1-c1nc(C2CCCN2)no1. The average molecular weight is 259 g/mol. The van der Waals surface area contributed by atoms with Gasteiger partial charge in [-0.05, 0) is 38.4 Å². The molecule has 5 nitrogen and oxygen atoms in total. The molecule has 1 aromatic heterocycles. The minimum Gasteiger partial charge on any atom is -0.496 e. The summed E-state index contributed by atoms with van der Waals surface area (Å²) in [5.74, 6) is 2.00. The first-order valence-electron chi connectivity index (χ1n) is 6.50. The standard InChI is InChI=1S/C14H17N3O2/c1-9-5-6-12(18-2)10(8-9)14-16-13(17-19-14)11-4-3-7-15-11/h5-6,8,11,15H,3-4,7H2,1-2H3. The summed E-state index contributed by atoms with van der Waals surface area (Å²) in [6.07, 6.45) is 2.21. The molecule has 1 fully saturated rings. The molecular weight excluding hydrogens is 242 g/mol. The van der Waals surface area contributed by atoms with Crippen LogP contribution in [-0.4, -0.2) is 23.8 Å². The van der Waals surface area contributed by atoms with E-state index in [1.165, 1.54) is 0 Å². The summed E-state index contributed by atoms with van der Waals surface area (Å²) in [6.45, 7) is 3.04. The van der Waals surface area contributed by atoms with Crippen molar-refractivity contribution in [2.24, 2.45) is 0 Å². The lowest BCUT2D eigenvalue weighted by Gasteiger charge is -2.05. The smallest absolute Gasteiger partial charge is 0.261 e. The molecule has 0 spiro atoms. The van der Waals surface area contributed by atoms with E-state index in [2.05, 4.69) is 15.5 Å². The number of ether oxygens (including phenoxy) is 1. The van der Waals surface area contributed by atoms with Crippen molar-refractivity contribution in [1.29, 1.82) is 0 Å². The molecule has 5 heteroatoms. The number of nitrogens with zero attached hydrogens (tertiary/aromatic N) is 2. The lowest BCUT2D eigenvalue weighted by atomic mass is 10.1. The fourth-order valence-corrected chi connectivity index (χ4v) is 2.38. The highest BCUT2D eigenvalue weighted by Crippen LogP contribution is 2.31. The summed E-state index contributed by atoms with van der Waals surface area (Å²) < 4.78 is 10.7. The van der Waals surface area contributed by atoms with E-state index in [0.29, 0.717) is 5.89 Å². The van der Waals surface area contributed by atoms with E-state index >= 15 is 0 Å². The predicted molar refractivity (Wildman–Crippen MR) is 71.0 cm³/mol. The molecule has 19 heavy (non-hydrogen) atoms. The zero-order chi connectivity index (χ0) is 13.2. The molecule has 1 atom stereocenters. The fourth-order valence-electron chi connectivity index (χ4n) is 2.38. The van der Waals surface area contributed by atoms with Crippen LogP contribution in [0.5, 0.6) is 5.75 Å². The van der Waals surface area contributed by atoms with Crippen molar-refractivity contribution in [3.63, 3.8) is 0 Å². The maximum absolute atomic E-state index is 5.38. The van der Waals surface area contributed by atoms with Crippen LogP contribution in [0.15, 0.2) is 22.7 Å². The van der Waals surface area contributed by atoms with Crippen LogP contribution in [0.1, 0.15) is 30.3 Å². The number of methoxy groups -OCH3 is 1. The normalized spacial score (nSPS) is 18.7. The van der Waals surface area contributed by atoms with Crippen molar-refractivity contribution in [2.45, 2.75) is 25.8 Å². The maximum Gasteiger partial charge on any atom is 0.261 e. The molecule has 0 bridgehead atoms. The first-order chi connectivity index (χ1) is 9.28. The van der Waals surface area contributed by atoms with Crippen LogP contribution in [0, 0.1) is 6.92 Å². The van der Waals surface area contributed by atoms with Gasteiger partial charge in [0.1, 0.15) is 5.75 Å². The molecule has 0 amide bonds. The summed E-state index contributed by atoms with van der Waals surface area (Å²) >= 11 is 0. The van der Waals surface area contributed by atoms with Crippen molar-refractivity contribution in [3.8, 4) is 17.2 Å². The number of hydrogen-bond donors (Lipinski definition) is 1. The maximum atomic E-state index is 5.38. The van der Waals surface area contributed by atoms with Crippen LogP contribution in [0.3, 0.4) is 0 Å². The second-order valence-corrected chi connectivity index (χ2v) is 4.81. The van der Waals surface area contributed by atoms with E-state index in [9.17, 15) is 0 Å². The average Bonchev–Trinajstić information content (AvgIpc) is 3.09. The Balaban J connectivity index is 1.95. The molecule has 1 N–H and O–H groups in total. The predicted octanol–water partition coefficient (Wildman–Crippen LogP) is 2.48. The molecule has 0 saturated carbocycles. The highest BCUT2D eigenvalue weighted by molar-refractivity contribution is 5.63. The Labute approximate surface area is 112 Å². The van der Waals surface area contributed by atoms with Crippen LogP contribution in [0.4, 0.5) is 0 Å². The second-order valence-electron chi connectivity index (χ2n) is 4.81. The van der Waals surface area contributed by atoms with Crippen molar-refractivity contribution in [1.82, 2.24) is 15.5 Å². The number of aromatic nitrogens is 2. The van der Waals surface area contributed by atoms with Gasteiger partial charge in [0.2, 0.25) is 0 Å². The van der Waals surface area contributed by atoms with Gasteiger partial charge in [-0.1, -0.05) is 16.8 Å². The summed E-state index contributed by atoms with van der Waals surface area (Å²) in [4.78, 5) is 4.49. The molecule has 1 saturated heterocycles. The van der Waals surface area contributed by atoms with Crippen molar-refractivity contribution in [2.75, 3.05) is 13.7 Å². The summed E-state index contributed by atoms with van der Waals surface area (Å²) in [6, 6.07) is 6.13. The van der Waals surface area contributed by atoms with Crippen molar-refractivity contribution in [3.05, 3.63) is 29.6 Å². The molecule has 0 radical (unpaired) electrons. The Morgan fingerprint density at radius 3 is 3.05 bits per heavy atom. The van der Waals surface area contributed by atoms with E-state index in [0.717, 1.165) is 42.1 Å². The summed E-state index contributed by atoms with van der Waals surface area (Å²) in [5, 5.41) is 7.44. The van der Waals surface area contributed by atoms with Crippen LogP contribution in [-0.2, 0) is 0 Å². The Bertz CT molecular complexity index is 574. The van der Waals surface area contributed by atoms with E-state index in [-0.39, 0.29) is 6.04 Å². The van der Waals surface area contributed by atoms with Gasteiger partial charge in [0.05, 0.1) is 18.7 Å². The lowest BCUT2D eigenvalue weighted by molar-refractivity contribution is 0.398. The number of hydrogen-bond acceptors (Lipinski definition) is 5. The Morgan fingerprint density at radius 1 is 1.42 bits per heavy atom. The number of nitrogens with one attached hydrogen (secondary N) is 1. The topological polar surface area (TPSA) is 60.2 Å². The van der Waals surface area contributed by atoms with Gasteiger partial charge in [0, 0.05) is 0 Å². The molecule has 3 rings (SSSR count). The van der Waals surface area contributed by atoms with E-state index < -0.39 is 0 Å². The van der Waals surface area contributed by atoms with Crippen LogP contribution < -0.4 is 10.1 Å². The van der Waals surface area contributed by atoms with Crippen LogP contribution in [0.2, 0.25) is 0 Å². The van der Waals surface area contributed by atoms with Gasteiger partial charge in [-0.25, -0.2) is 0 Å². The number of benzene rings is 1. The minimum absolute atomic E-state index is 0.216. The van der Waals surface area contributed by atoms with Crippen molar-refractivity contribution >= 4 is 0 Å². The van der Waals surface area contributed by atoms with Gasteiger partial charge in [-0.3, -0.25) is 0 Å². The summed E-state index contributed by atoms with van der Waals surface area (Å²) in [7, 11) is 1.64. The molecule has 1 unspecified atom stereocenters. The van der Waals surface area contributed by atoms with Gasteiger partial charge in [-0.2, -0.15) is 4.98 Å². The van der Waals surface area contributed by atoms with E-state index in [4.69, 9.17) is 9.26 Å². The minimum atomic E-state index is 0.216. The molecule has 0 aliphatic carbocycles. The van der Waals surface area contributed by atoms with Gasteiger partial charge in [0.15, 0.2) is 5.82 Å². The first-order valence-corrected chi connectivity index (χ1v) is 6.50. The molecule has 1 aromatic carbocycles. The van der Waals surface area contributed by atoms with Gasteiger partial charge >= 0.3 is 0 Å². The third kappa shape index (κ3) is 2.33. The molecule has 100 valence electrons. The van der Waals surface area contributed by atoms with E-state index in [1.54, 1.807) is 7.11 Å². The Hall–Kier alpha value is -1.88. The van der Waals surface area contributed by atoms with E-state index in [1.807, 2.05) is 25.1 Å². The first kappa shape index (κ1) is 12.2. The number of rotatable bonds is 3. The van der Waals surface area contributed by atoms with Gasteiger partial charge in [-0.15, -0.1) is 0 Å². The number of aryl methyl sites for hydroxylation is 1. The van der Waals surface area contributed by atoms with Gasteiger partial charge in [0.25, 0.3) is 5.89 Å². The molecule has 1 aliphatic heterocycles. The molecule has 1 aliphatic rings. The summed E-state index contributed by atoms with van der Waals surface area (Å²) in [5.41, 5.74) is 1.98. The lowest BCUT2D eigenvalue weighted by Crippen LogP contribution is -2.14. The molecule has 2 aromatic rings. The fraction of sp³-hybridized carbons (Fsp3) is 0.429. The monoisotopic (exact) mass is 259 g/mol. The van der Waals surface area contributed by atoms with Gasteiger partial charge < -0.3 is 14.6 Å². The zero-order valence-corrected chi connectivity index (χ0v) is 11.1. The molecule has 2 heterocycles. The highest BCUT2D eigenvalue weighted by Gasteiger charge is 2.23. The largest absolute Gasteiger partial charge is 0.496 e. The zero-order valence-electron chi connectivity index (χ0n) is 11.1. The quantitative estimate of drug-likeness (QED) is 0.917. The Kier molecular flexibility index (Phi) is 3.21. The molecular formula is C14H17N3O2. The third-order valence-electron chi connectivity index (χ3n) is 3.40. The van der Waals surface area contributed by atoms with Crippen LogP contribution >= 0.6 is 0 Å². The second kappa shape index (κ2) is 5.01. The Morgan fingerprint density at radius 2 is 2.32 bits per heavy atom. The van der Waals surface area contributed by atoms with Crippen LogP contribution in [0.25, 0.3) is 11.5 Å². The highest BCUT2D eigenvalue weighted by atomic mass is 16.5. The van der Waals surface area contributed by atoms with Crippen molar-refractivity contribution < 1.29 is 9.26 Å². The third-order valence-corrected chi connectivity index (χ3v) is 3.40.